The van der Waals surface area contributed by atoms with Gasteiger partial charge in [-0.1, -0.05) is 11.6 Å². The minimum atomic E-state index is -3.05. The van der Waals surface area contributed by atoms with Crippen LogP contribution in [0.1, 0.15) is 44.6 Å². The van der Waals surface area contributed by atoms with Crippen molar-refractivity contribution in [3.05, 3.63) is 45.7 Å². The number of aryl methyl sites for hydroxylation is 1. The maximum Gasteiger partial charge on any atom is 0.338 e. The van der Waals surface area contributed by atoms with Crippen LogP contribution >= 0.6 is 11.6 Å². The summed E-state index contributed by atoms with van der Waals surface area (Å²) >= 11 is 6.08. The average Bonchev–Trinajstić information content (AvgIpc) is 3.37. The molecule has 2 aliphatic heterocycles. The quantitative estimate of drug-likeness (QED) is 0.506. The third-order valence-electron chi connectivity index (χ3n) is 5.36. The molecule has 0 spiro atoms. The van der Waals surface area contributed by atoms with Crippen molar-refractivity contribution >= 4 is 33.2 Å². The van der Waals surface area contributed by atoms with Gasteiger partial charge in [0.25, 0.3) is 0 Å². The van der Waals surface area contributed by atoms with Gasteiger partial charge in [0.2, 0.25) is 12.6 Å². The number of benzene rings is 1. The van der Waals surface area contributed by atoms with Crippen LogP contribution in [0.2, 0.25) is 5.02 Å². The summed E-state index contributed by atoms with van der Waals surface area (Å²) in [5.74, 6) is -0.152. The number of hydrogen-bond acceptors (Lipinski definition) is 7. The summed E-state index contributed by atoms with van der Waals surface area (Å²) in [6.07, 6.45) is 0.520. The molecule has 0 N–H and O–H groups in total. The molecular formula is C20H20ClNO7S. The fraction of sp³-hybridized carbons (Fsp3) is 0.400. The molecule has 1 fully saturated rings. The van der Waals surface area contributed by atoms with Crippen LogP contribution in [0.4, 0.5) is 0 Å². The minimum Gasteiger partial charge on any atom is -0.454 e. The summed E-state index contributed by atoms with van der Waals surface area (Å²) in [5, 5.41) is 0.221. The summed E-state index contributed by atoms with van der Waals surface area (Å²) in [6.45, 7) is 3.17. The highest BCUT2D eigenvalue weighted by Crippen LogP contribution is 2.40. The summed E-state index contributed by atoms with van der Waals surface area (Å²) in [7, 11) is -3.05. The van der Waals surface area contributed by atoms with Crippen molar-refractivity contribution in [3.63, 3.8) is 0 Å². The molecule has 0 saturated carbocycles. The lowest BCUT2D eigenvalue weighted by Crippen LogP contribution is -2.17. The molecule has 1 atom stereocenters. The number of halogens is 1. The zero-order valence-corrected chi connectivity index (χ0v) is 18.0. The predicted octanol–water partition coefficient (Wildman–Crippen LogP) is 2.89. The molecule has 0 bridgehead atoms. The highest BCUT2D eigenvalue weighted by molar-refractivity contribution is 7.91. The number of ether oxygens (including phenoxy) is 3. The normalized spacial score (nSPS) is 19.1. The third-order valence-corrected chi connectivity index (χ3v) is 7.39. The van der Waals surface area contributed by atoms with E-state index in [4.69, 9.17) is 25.8 Å². The Labute approximate surface area is 178 Å². The summed E-state index contributed by atoms with van der Waals surface area (Å²) in [5.41, 5.74) is 2.03. The number of sulfone groups is 1. The topological polar surface area (TPSA) is 101 Å². The molecule has 2 aromatic rings. The van der Waals surface area contributed by atoms with Crippen LogP contribution in [0.3, 0.4) is 0 Å². The van der Waals surface area contributed by atoms with Crippen molar-refractivity contribution in [3.8, 4) is 11.5 Å². The van der Waals surface area contributed by atoms with E-state index in [-0.39, 0.29) is 40.7 Å². The number of esters is 1. The lowest BCUT2D eigenvalue weighted by molar-refractivity contribution is 0.0474. The Morgan fingerprint density at radius 3 is 2.70 bits per heavy atom. The molecule has 0 amide bonds. The van der Waals surface area contributed by atoms with Crippen molar-refractivity contribution < 1.29 is 32.2 Å². The maximum absolute atomic E-state index is 12.7. The Hall–Kier alpha value is -2.52. The van der Waals surface area contributed by atoms with E-state index < -0.39 is 22.4 Å². The molecule has 1 aromatic heterocycles. The molecular weight excluding hydrogens is 434 g/mol. The number of carbonyl (C=O) groups excluding carboxylic acids is 2. The van der Waals surface area contributed by atoms with E-state index in [0.29, 0.717) is 29.2 Å². The second kappa shape index (κ2) is 7.63. The van der Waals surface area contributed by atoms with E-state index >= 15 is 0 Å². The Bertz CT molecular complexity index is 1150. The molecule has 3 heterocycles. The van der Waals surface area contributed by atoms with Crippen LogP contribution in [0.15, 0.2) is 18.2 Å². The van der Waals surface area contributed by atoms with E-state index in [1.807, 2.05) is 11.5 Å². The first kappa shape index (κ1) is 20.7. The third kappa shape index (κ3) is 3.79. The Balaban J connectivity index is 1.47. The number of rotatable bonds is 5. The van der Waals surface area contributed by atoms with E-state index in [1.54, 1.807) is 13.0 Å². The zero-order chi connectivity index (χ0) is 21.6. The molecule has 1 saturated heterocycles. The first-order chi connectivity index (χ1) is 14.2. The van der Waals surface area contributed by atoms with E-state index in [2.05, 4.69) is 0 Å². The first-order valence-electron chi connectivity index (χ1n) is 9.34. The molecule has 2 aliphatic rings. The number of aromatic nitrogens is 1. The minimum absolute atomic E-state index is 0.0178. The van der Waals surface area contributed by atoms with E-state index in [0.717, 1.165) is 5.69 Å². The predicted molar refractivity (Wildman–Crippen MR) is 108 cm³/mol. The largest absolute Gasteiger partial charge is 0.454 e. The van der Waals surface area contributed by atoms with Gasteiger partial charge in [0, 0.05) is 23.0 Å². The number of ketones is 1. The van der Waals surface area contributed by atoms with Gasteiger partial charge in [0.05, 0.1) is 22.1 Å². The molecule has 0 aliphatic carbocycles. The zero-order valence-electron chi connectivity index (χ0n) is 16.4. The van der Waals surface area contributed by atoms with Gasteiger partial charge in [0.15, 0.2) is 27.9 Å². The first-order valence-corrected chi connectivity index (χ1v) is 11.5. The second-order valence-corrected chi connectivity index (χ2v) is 10.0. The van der Waals surface area contributed by atoms with Crippen molar-refractivity contribution in [1.82, 2.24) is 4.57 Å². The number of Topliss-reactive ketones (excluding diaryl/α,β-unsaturated/α-hetero) is 1. The van der Waals surface area contributed by atoms with Crippen LogP contribution in [0.25, 0.3) is 0 Å². The van der Waals surface area contributed by atoms with Crippen LogP contribution in [0.5, 0.6) is 11.5 Å². The fourth-order valence-electron chi connectivity index (χ4n) is 3.98. The molecule has 30 heavy (non-hydrogen) atoms. The van der Waals surface area contributed by atoms with Gasteiger partial charge in [-0.15, -0.1) is 0 Å². The summed E-state index contributed by atoms with van der Waals surface area (Å²) in [6, 6.07) is 4.37. The van der Waals surface area contributed by atoms with Crippen molar-refractivity contribution in [2.45, 2.75) is 26.3 Å². The molecule has 1 aromatic carbocycles. The Kier molecular flexibility index (Phi) is 5.27. The lowest BCUT2D eigenvalue weighted by atomic mass is 10.1. The average molecular weight is 454 g/mol. The lowest BCUT2D eigenvalue weighted by Gasteiger charge is -2.16. The molecule has 4 rings (SSSR count). The molecule has 10 heteroatoms. The standard InChI is InChI=1S/C20H20ClNO7S/c1-11-5-15(12(2)22(11)14-3-4-30(25,26)9-14)17(23)8-27-20(24)13-6-16(21)19-18(7-13)28-10-29-19/h5-7,14H,3-4,8-10H2,1-2H3. The summed E-state index contributed by atoms with van der Waals surface area (Å²) in [4.78, 5) is 25.1. The number of hydrogen-bond donors (Lipinski definition) is 0. The number of carbonyl (C=O) groups is 2. The highest BCUT2D eigenvalue weighted by atomic mass is 35.5. The summed E-state index contributed by atoms with van der Waals surface area (Å²) < 4.78 is 41.1. The van der Waals surface area contributed by atoms with E-state index in [1.165, 1.54) is 12.1 Å². The number of nitrogens with zero attached hydrogens (tertiary/aromatic N) is 1. The van der Waals surface area contributed by atoms with Crippen LogP contribution in [0, 0.1) is 13.8 Å². The number of fused-ring (bicyclic) bond motifs is 1. The van der Waals surface area contributed by atoms with Gasteiger partial charge in [0.1, 0.15) is 0 Å². The van der Waals surface area contributed by atoms with Crippen molar-refractivity contribution in [1.29, 1.82) is 0 Å². The van der Waals surface area contributed by atoms with Crippen molar-refractivity contribution in [2.75, 3.05) is 24.9 Å². The molecule has 0 radical (unpaired) electrons. The van der Waals surface area contributed by atoms with Gasteiger partial charge < -0.3 is 18.8 Å². The Morgan fingerprint density at radius 2 is 2.00 bits per heavy atom. The van der Waals surface area contributed by atoms with Crippen LogP contribution in [-0.4, -0.2) is 49.6 Å². The van der Waals surface area contributed by atoms with E-state index in [9.17, 15) is 18.0 Å². The Morgan fingerprint density at radius 1 is 1.23 bits per heavy atom. The SMILES string of the molecule is Cc1cc(C(=O)COC(=O)c2cc(Cl)c3c(c2)OCO3)c(C)n1C1CCS(=O)(=O)C1. The molecule has 8 nitrogen and oxygen atoms in total. The highest BCUT2D eigenvalue weighted by Gasteiger charge is 2.32. The van der Waals surface area contributed by atoms with Gasteiger partial charge >= 0.3 is 5.97 Å². The van der Waals surface area contributed by atoms with Crippen LogP contribution in [-0.2, 0) is 14.6 Å². The van der Waals surface area contributed by atoms with Gasteiger partial charge in [-0.25, -0.2) is 13.2 Å². The van der Waals surface area contributed by atoms with Gasteiger partial charge in [-0.05, 0) is 38.5 Å². The van der Waals surface area contributed by atoms with Crippen molar-refractivity contribution in [2.24, 2.45) is 0 Å². The molecule has 1 unspecified atom stereocenters. The second-order valence-electron chi connectivity index (χ2n) is 7.40. The molecule has 160 valence electrons. The fourth-order valence-corrected chi connectivity index (χ4v) is 5.94. The van der Waals surface area contributed by atoms with Gasteiger partial charge in [-0.2, -0.15) is 0 Å². The monoisotopic (exact) mass is 453 g/mol. The van der Waals surface area contributed by atoms with Crippen LogP contribution < -0.4 is 9.47 Å². The van der Waals surface area contributed by atoms with Gasteiger partial charge in [-0.3, -0.25) is 4.79 Å². The maximum atomic E-state index is 12.7. The smallest absolute Gasteiger partial charge is 0.338 e.